The van der Waals surface area contributed by atoms with Crippen molar-refractivity contribution in [1.82, 2.24) is 15.1 Å². The number of nitriles is 1. The molecular weight excluding hydrogens is 216 g/mol. The van der Waals surface area contributed by atoms with E-state index in [-0.39, 0.29) is 5.91 Å². The average Bonchev–Trinajstić information content (AvgIpc) is 2.64. The standard InChI is InChI=1S/C12H18N4O/c1-4-5-10(6-13)12(17)14-7-11-8-15-16(3)9(11)2/h8,10H,4-5,7H2,1-3H3,(H,14,17). The smallest absolute Gasteiger partial charge is 0.237 e. The molecule has 17 heavy (non-hydrogen) atoms. The van der Waals surface area contributed by atoms with Gasteiger partial charge in [0.05, 0.1) is 12.3 Å². The second kappa shape index (κ2) is 6.04. The van der Waals surface area contributed by atoms with Gasteiger partial charge in [0.25, 0.3) is 0 Å². The van der Waals surface area contributed by atoms with Crippen molar-refractivity contribution in [1.29, 1.82) is 5.26 Å². The number of nitrogens with one attached hydrogen (secondary N) is 1. The van der Waals surface area contributed by atoms with Gasteiger partial charge in [-0.25, -0.2) is 0 Å². The zero-order valence-corrected chi connectivity index (χ0v) is 10.5. The maximum Gasteiger partial charge on any atom is 0.237 e. The maximum atomic E-state index is 11.7. The first kappa shape index (κ1) is 13.2. The Kier molecular flexibility index (Phi) is 4.70. The summed E-state index contributed by atoms with van der Waals surface area (Å²) in [7, 11) is 1.86. The number of carbonyl (C=O) groups is 1. The molecule has 0 bridgehead atoms. The lowest BCUT2D eigenvalue weighted by molar-refractivity contribution is -0.123. The molecule has 1 atom stereocenters. The SMILES string of the molecule is CCCC(C#N)C(=O)NCc1cnn(C)c1C. The molecule has 1 amide bonds. The lowest BCUT2D eigenvalue weighted by Gasteiger charge is -2.08. The van der Waals surface area contributed by atoms with Gasteiger partial charge in [-0.15, -0.1) is 0 Å². The van der Waals surface area contributed by atoms with Crippen LogP contribution in [-0.4, -0.2) is 15.7 Å². The van der Waals surface area contributed by atoms with E-state index in [0.717, 1.165) is 17.7 Å². The lowest BCUT2D eigenvalue weighted by Crippen LogP contribution is -2.29. The normalized spacial score (nSPS) is 11.9. The topological polar surface area (TPSA) is 70.7 Å². The molecular formula is C12H18N4O. The number of aryl methyl sites for hydroxylation is 1. The highest BCUT2D eigenvalue weighted by Gasteiger charge is 2.16. The van der Waals surface area contributed by atoms with Crippen molar-refractivity contribution < 1.29 is 4.79 Å². The second-order valence-corrected chi connectivity index (χ2v) is 4.07. The van der Waals surface area contributed by atoms with Crippen molar-refractivity contribution in [3.05, 3.63) is 17.5 Å². The molecule has 1 N–H and O–H groups in total. The van der Waals surface area contributed by atoms with Crippen molar-refractivity contribution in [2.24, 2.45) is 13.0 Å². The van der Waals surface area contributed by atoms with Gasteiger partial charge in [0, 0.05) is 24.8 Å². The molecule has 0 aliphatic carbocycles. The molecule has 0 saturated carbocycles. The predicted molar refractivity (Wildman–Crippen MR) is 63.8 cm³/mol. The molecule has 0 aromatic carbocycles. The van der Waals surface area contributed by atoms with Crippen LogP contribution in [0, 0.1) is 24.2 Å². The molecule has 0 aliphatic rings. The Bertz CT molecular complexity index is 430. The molecule has 92 valence electrons. The molecule has 5 nitrogen and oxygen atoms in total. The molecule has 1 unspecified atom stereocenters. The number of amides is 1. The van der Waals surface area contributed by atoms with Crippen LogP contribution < -0.4 is 5.32 Å². The highest BCUT2D eigenvalue weighted by atomic mass is 16.1. The number of rotatable bonds is 5. The Balaban J connectivity index is 2.54. The van der Waals surface area contributed by atoms with Gasteiger partial charge in [-0.3, -0.25) is 9.48 Å². The minimum Gasteiger partial charge on any atom is -0.351 e. The summed E-state index contributed by atoms with van der Waals surface area (Å²) in [5, 5.41) is 15.7. The summed E-state index contributed by atoms with van der Waals surface area (Å²) in [6, 6.07) is 2.03. The van der Waals surface area contributed by atoms with Crippen molar-refractivity contribution in [3.8, 4) is 6.07 Å². The molecule has 1 aromatic rings. The minimum absolute atomic E-state index is 0.197. The van der Waals surface area contributed by atoms with E-state index in [1.165, 1.54) is 0 Å². The van der Waals surface area contributed by atoms with Crippen LogP contribution in [0.5, 0.6) is 0 Å². The summed E-state index contributed by atoms with van der Waals surface area (Å²) in [6.07, 6.45) is 3.17. The third-order valence-electron chi connectivity index (χ3n) is 2.84. The van der Waals surface area contributed by atoms with Crippen LogP contribution in [0.1, 0.15) is 31.0 Å². The van der Waals surface area contributed by atoms with Gasteiger partial charge in [-0.05, 0) is 13.3 Å². The first-order chi connectivity index (χ1) is 8.10. The van der Waals surface area contributed by atoms with Crippen molar-refractivity contribution in [2.45, 2.75) is 33.2 Å². The summed E-state index contributed by atoms with van der Waals surface area (Å²) in [5.74, 6) is -0.741. The summed E-state index contributed by atoms with van der Waals surface area (Å²) in [5.41, 5.74) is 2.00. The molecule has 0 fully saturated rings. The fourth-order valence-corrected chi connectivity index (χ4v) is 1.57. The molecule has 0 radical (unpaired) electrons. The molecule has 1 heterocycles. The summed E-state index contributed by atoms with van der Waals surface area (Å²) >= 11 is 0. The van der Waals surface area contributed by atoms with E-state index in [4.69, 9.17) is 5.26 Å². The zero-order chi connectivity index (χ0) is 12.8. The van der Waals surface area contributed by atoms with E-state index >= 15 is 0 Å². The first-order valence-corrected chi connectivity index (χ1v) is 5.75. The van der Waals surface area contributed by atoms with Gasteiger partial charge in [-0.2, -0.15) is 10.4 Å². The van der Waals surface area contributed by atoms with Crippen LogP contribution in [-0.2, 0) is 18.4 Å². The number of hydrogen-bond acceptors (Lipinski definition) is 3. The first-order valence-electron chi connectivity index (χ1n) is 5.75. The number of hydrogen-bond donors (Lipinski definition) is 1. The largest absolute Gasteiger partial charge is 0.351 e. The van der Waals surface area contributed by atoms with Gasteiger partial charge >= 0.3 is 0 Å². The number of nitrogens with zero attached hydrogens (tertiary/aromatic N) is 3. The summed E-state index contributed by atoms with van der Waals surface area (Å²) in [4.78, 5) is 11.7. The second-order valence-electron chi connectivity index (χ2n) is 4.07. The zero-order valence-electron chi connectivity index (χ0n) is 10.5. The predicted octanol–water partition coefficient (Wildman–Crippen LogP) is 1.28. The Labute approximate surface area is 101 Å². The average molecular weight is 234 g/mol. The van der Waals surface area contributed by atoms with E-state index in [1.807, 2.05) is 27.0 Å². The summed E-state index contributed by atoms with van der Waals surface area (Å²) in [6.45, 7) is 4.34. The van der Waals surface area contributed by atoms with Crippen LogP contribution >= 0.6 is 0 Å². The quantitative estimate of drug-likeness (QED) is 0.834. The van der Waals surface area contributed by atoms with E-state index in [0.29, 0.717) is 13.0 Å². The maximum absolute atomic E-state index is 11.7. The number of carbonyl (C=O) groups excluding carboxylic acids is 1. The Morgan fingerprint density at radius 1 is 1.71 bits per heavy atom. The Hall–Kier alpha value is -1.83. The Morgan fingerprint density at radius 2 is 2.41 bits per heavy atom. The lowest BCUT2D eigenvalue weighted by atomic mass is 10.0. The molecule has 0 spiro atoms. The van der Waals surface area contributed by atoms with E-state index in [1.54, 1.807) is 10.9 Å². The van der Waals surface area contributed by atoms with Crippen molar-refractivity contribution >= 4 is 5.91 Å². The van der Waals surface area contributed by atoms with Crippen LogP contribution in [0.3, 0.4) is 0 Å². The van der Waals surface area contributed by atoms with Gasteiger partial charge < -0.3 is 5.32 Å². The van der Waals surface area contributed by atoms with Crippen molar-refractivity contribution in [3.63, 3.8) is 0 Å². The minimum atomic E-state index is -0.544. The third-order valence-corrected chi connectivity index (χ3v) is 2.84. The van der Waals surface area contributed by atoms with Crippen LogP contribution in [0.4, 0.5) is 0 Å². The fraction of sp³-hybridized carbons (Fsp3) is 0.583. The third kappa shape index (κ3) is 3.31. The van der Waals surface area contributed by atoms with Gasteiger partial charge in [0.1, 0.15) is 5.92 Å². The van der Waals surface area contributed by atoms with Gasteiger partial charge in [-0.1, -0.05) is 13.3 Å². The number of aromatic nitrogens is 2. The molecule has 0 saturated heterocycles. The molecule has 5 heteroatoms. The van der Waals surface area contributed by atoms with Crippen molar-refractivity contribution in [2.75, 3.05) is 0 Å². The van der Waals surface area contributed by atoms with E-state index in [9.17, 15) is 4.79 Å². The van der Waals surface area contributed by atoms with E-state index in [2.05, 4.69) is 10.4 Å². The molecule has 0 aliphatic heterocycles. The molecule has 1 rings (SSSR count). The van der Waals surface area contributed by atoms with Crippen LogP contribution in [0.2, 0.25) is 0 Å². The highest BCUT2D eigenvalue weighted by molar-refractivity contribution is 5.80. The molecule has 1 aromatic heterocycles. The van der Waals surface area contributed by atoms with Gasteiger partial charge in [0.2, 0.25) is 5.91 Å². The van der Waals surface area contributed by atoms with Gasteiger partial charge in [0.15, 0.2) is 0 Å². The fourth-order valence-electron chi connectivity index (χ4n) is 1.57. The van der Waals surface area contributed by atoms with Crippen LogP contribution in [0.15, 0.2) is 6.20 Å². The Morgan fingerprint density at radius 3 is 2.88 bits per heavy atom. The summed E-state index contributed by atoms with van der Waals surface area (Å²) < 4.78 is 1.76. The highest BCUT2D eigenvalue weighted by Crippen LogP contribution is 2.08. The van der Waals surface area contributed by atoms with Crippen LogP contribution in [0.25, 0.3) is 0 Å². The van der Waals surface area contributed by atoms with E-state index < -0.39 is 5.92 Å². The monoisotopic (exact) mass is 234 g/mol.